The van der Waals surface area contributed by atoms with Crippen LogP contribution < -0.4 is 9.47 Å². The van der Waals surface area contributed by atoms with Crippen LogP contribution in [-0.2, 0) is 9.53 Å². The Labute approximate surface area is 153 Å². The highest BCUT2D eigenvalue weighted by Gasteiger charge is 2.27. The van der Waals surface area contributed by atoms with E-state index in [1.54, 1.807) is 42.5 Å². The molecule has 1 heterocycles. The summed E-state index contributed by atoms with van der Waals surface area (Å²) in [4.78, 5) is 23.5. The van der Waals surface area contributed by atoms with Crippen LogP contribution in [0.4, 0.5) is 0 Å². The van der Waals surface area contributed by atoms with Gasteiger partial charge in [-0.3, -0.25) is 4.79 Å². The van der Waals surface area contributed by atoms with Gasteiger partial charge in [-0.05, 0) is 35.9 Å². The highest BCUT2D eigenvalue weighted by Crippen LogP contribution is 2.35. The molecular weight excluding hydrogens is 367 g/mol. The van der Waals surface area contributed by atoms with Crippen molar-refractivity contribution >= 4 is 41.0 Å². The molecule has 0 aliphatic carbocycles. The predicted octanol–water partition coefficient (Wildman–Crippen LogP) is 4.16. The van der Waals surface area contributed by atoms with Crippen molar-refractivity contribution in [2.45, 2.75) is 0 Å². The molecular formula is C18H12Cl2O5. The third kappa shape index (κ3) is 3.78. The number of carbonyl (C=O) groups is 2. The van der Waals surface area contributed by atoms with Gasteiger partial charge < -0.3 is 14.2 Å². The number of esters is 1. The van der Waals surface area contributed by atoms with Gasteiger partial charge >= 0.3 is 5.97 Å². The van der Waals surface area contributed by atoms with E-state index in [4.69, 9.17) is 32.7 Å². The molecule has 0 atom stereocenters. The van der Waals surface area contributed by atoms with Crippen LogP contribution in [0, 0.1) is 0 Å². The minimum atomic E-state index is -0.502. The van der Waals surface area contributed by atoms with E-state index in [0.29, 0.717) is 32.7 Å². The number of hydrogen-bond donors (Lipinski definition) is 0. The number of ketones is 1. The summed E-state index contributed by atoms with van der Waals surface area (Å²) in [6.45, 7) is -0.227. The fourth-order valence-corrected chi connectivity index (χ4v) is 2.52. The molecule has 0 spiro atoms. The van der Waals surface area contributed by atoms with Crippen molar-refractivity contribution in [2.75, 3.05) is 13.7 Å². The summed E-state index contributed by atoms with van der Waals surface area (Å²) in [6, 6.07) is 9.73. The lowest BCUT2D eigenvalue weighted by molar-refractivity contribution is -0.142. The van der Waals surface area contributed by atoms with Crippen LogP contribution in [0.3, 0.4) is 0 Å². The molecule has 0 amide bonds. The minimum Gasteiger partial charge on any atom is -0.482 e. The van der Waals surface area contributed by atoms with Crippen molar-refractivity contribution in [1.29, 1.82) is 0 Å². The number of Topliss-reactive ketones (excluding diaryl/α,β-unsaturated/α-hetero) is 1. The molecule has 1 aliphatic heterocycles. The standard InChI is InChI=1S/C18H12Cl2O5/c1-23-17(21)9-24-11-3-4-12-15(8-11)25-16(18(12)22)7-10-2-5-13(19)14(20)6-10/h2-8H,9H2,1H3. The first-order valence-electron chi connectivity index (χ1n) is 7.21. The Bertz CT molecular complexity index is 889. The summed E-state index contributed by atoms with van der Waals surface area (Å²) in [5.41, 5.74) is 1.10. The molecule has 0 fully saturated rings. The van der Waals surface area contributed by atoms with E-state index in [-0.39, 0.29) is 18.1 Å². The topological polar surface area (TPSA) is 61.8 Å². The van der Waals surface area contributed by atoms with Crippen molar-refractivity contribution in [3.05, 3.63) is 63.3 Å². The normalized spacial score (nSPS) is 14.2. The van der Waals surface area contributed by atoms with Crippen LogP contribution in [0.15, 0.2) is 42.2 Å². The number of allylic oxidation sites excluding steroid dienone is 1. The Morgan fingerprint density at radius 3 is 2.68 bits per heavy atom. The molecule has 128 valence electrons. The maximum Gasteiger partial charge on any atom is 0.343 e. The minimum absolute atomic E-state index is 0.165. The van der Waals surface area contributed by atoms with Gasteiger partial charge in [0, 0.05) is 6.07 Å². The highest BCUT2D eigenvalue weighted by atomic mass is 35.5. The fourth-order valence-electron chi connectivity index (χ4n) is 2.21. The van der Waals surface area contributed by atoms with E-state index in [1.807, 2.05) is 0 Å². The van der Waals surface area contributed by atoms with E-state index in [0.717, 1.165) is 0 Å². The van der Waals surface area contributed by atoms with Gasteiger partial charge in [-0.2, -0.15) is 0 Å². The molecule has 5 nitrogen and oxygen atoms in total. The lowest BCUT2D eigenvalue weighted by Gasteiger charge is -2.05. The number of fused-ring (bicyclic) bond motifs is 1. The maximum absolute atomic E-state index is 12.4. The van der Waals surface area contributed by atoms with Crippen molar-refractivity contribution in [2.24, 2.45) is 0 Å². The zero-order chi connectivity index (χ0) is 18.0. The van der Waals surface area contributed by atoms with Crippen LogP contribution in [0.1, 0.15) is 15.9 Å². The van der Waals surface area contributed by atoms with Crippen LogP contribution in [-0.4, -0.2) is 25.5 Å². The maximum atomic E-state index is 12.4. The lowest BCUT2D eigenvalue weighted by atomic mass is 10.1. The molecule has 2 aromatic carbocycles. The third-order valence-corrected chi connectivity index (χ3v) is 4.21. The van der Waals surface area contributed by atoms with Gasteiger partial charge in [0.2, 0.25) is 5.78 Å². The predicted molar refractivity (Wildman–Crippen MR) is 93.4 cm³/mol. The van der Waals surface area contributed by atoms with Gasteiger partial charge in [-0.25, -0.2) is 4.79 Å². The molecule has 2 aromatic rings. The molecule has 1 aliphatic rings. The largest absolute Gasteiger partial charge is 0.482 e. The van der Waals surface area contributed by atoms with E-state index in [2.05, 4.69) is 4.74 Å². The molecule has 0 unspecified atom stereocenters. The number of halogens is 2. The summed E-state index contributed by atoms with van der Waals surface area (Å²) in [6.07, 6.45) is 1.58. The van der Waals surface area contributed by atoms with Gasteiger partial charge in [0.15, 0.2) is 12.4 Å². The number of benzene rings is 2. The Hall–Kier alpha value is -2.50. The molecule has 0 saturated heterocycles. The van der Waals surface area contributed by atoms with E-state index >= 15 is 0 Å². The summed E-state index contributed by atoms with van der Waals surface area (Å²) < 4.78 is 15.4. The number of methoxy groups -OCH3 is 1. The molecule has 0 saturated carbocycles. The zero-order valence-electron chi connectivity index (χ0n) is 13.0. The van der Waals surface area contributed by atoms with Crippen LogP contribution >= 0.6 is 23.2 Å². The van der Waals surface area contributed by atoms with Crippen molar-refractivity contribution < 1.29 is 23.8 Å². The smallest absolute Gasteiger partial charge is 0.343 e. The van der Waals surface area contributed by atoms with Crippen molar-refractivity contribution in [1.82, 2.24) is 0 Å². The average Bonchev–Trinajstić information content (AvgIpc) is 2.91. The fraction of sp³-hybridized carbons (Fsp3) is 0.111. The average molecular weight is 379 g/mol. The second-order valence-corrected chi connectivity index (χ2v) is 5.95. The van der Waals surface area contributed by atoms with E-state index in [9.17, 15) is 9.59 Å². The second-order valence-electron chi connectivity index (χ2n) is 5.14. The first kappa shape index (κ1) is 17.3. The summed E-state index contributed by atoms with van der Waals surface area (Å²) in [7, 11) is 1.27. The SMILES string of the molecule is COC(=O)COc1ccc2c(c1)OC(=Cc1ccc(Cl)c(Cl)c1)C2=O. The Morgan fingerprint density at radius 2 is 1.96 bits per heavy atom. The summed E-state index contributed by atoms with van der Waals surface area (Å²) >= 11 is 11.9. The van der Waals surface area contributed by atoms with Crippen molar-refractivity contribution in [3.8, 4) is 11.5 Å². The number of rotatable bonds is 4. The van der Waals surface area contributed by atoms with Crippen LogP contribution in [0.5, 0.6) is 11.5 Å². The molecule has 0 aromatic heterocycles. The monoisotopic (exact) mass is 378 g/mol. The first-order chi connectivity index (χ1) is 12.0. The van der Waals surface area contributed by atoms with Crippen LogP contribution in [0.2, 0.25) is 10.0 Å². The molecule has 25 heavy (non-hydrogen) atoms. The van der Waals surface area contributed by atoms with Gasteiger partial charge in [0.25, 0.3) is 0 Å². The molecule has 0 bridgehead atoms. The van der Waals surface area contributed by atoms with Gasteiger partial charge in [0.05, 0.1) is 22.7 Å². The van der Waals surface area contributed by atoms with Gasteiger partial charge in [0.1, 0.15) is 11.5 Å². The molecule has 7 heteroatoms. The third-order valence-electron chi connectivity index (χ3n) is 3.47. The van der Waals surface area contributed by atoms with Crippen molar-refractivity contribution in [3.63, 3.8) is 0 Å². The quantitative estimate of drug-likeness (QED) is 0.590. The second kappa shape index (κ2) is 7.17. The molecule has 0 N–H and O–H groups in total. The van der Waals surface area contributed by atoms with Gasteiger partial charge in [-0.1, -0.05) is 29.3 Å². The number of carbonyl (C=O) groups excluding carboxylic acids is 2. The van der Waals surface area contributed by atoms with Gasteiger partial charge in [-0.15, -0.1) is 0 Å². The summed E-state index contributed by atoms with van der Waals surface area (Å²) in [5.74, 6) is 0.170. The Kier molecular flexibility index (Phi) is 4.97. The van der Waals surface area contributed by atoms with E-state index in [1.165, 1.54) is 7.11 Å². The number of ether oxygens (including phenoxy) is 3. The zero-order valence-corrected chi connectivity index (χ0v) is 14.6. The molecule has 0 radical (unpaired) electrons. The summed E-state index contributed by atoms with van der Waals surface area (Å²) in [5, 5.41) is 0.815. The van der Waals surface area contributed by atoms with E-state index < -0.39 is 5.97 Å². The highest BCUT2D eigenvalue weighted by molar-refractivity contribution is 6.42. The number of hydrogen-bond acceptors (Lipinski definition) is 5. The van der Waals surface area contributed by atoms with Crippen LogP contribution in [0.25, 0.3) is 6.08 Å². The molecule has 3 rings (SSSR count). The Morgan fingerprint density at radius 1 is 1.16 bits per heavy atom. The lowest BCUT2D eigenvalue weighted by Crippen LogP contribution is -2.12. The Balaban J connectivity index is 1.81. The first-order valence-corrected chi connectivity index (χ1v) is 7.96.